The lowest BCUT2D eigenvalue weighted by molar-refractivity contribution is 0.101. The molecule has 0 saturated carbocycles. The summed E-state index contributed by atoms with van der Waals surface area (Å²) in [5.74, 6) is 0.0940. The van der Waals surface area contributed by atoms with Crippen molar-refractivity contribution >= 4 is 11.5 Å². The van der Waals surface area contributed by atoms with E-state index in [2.05, 4.69) is 12.2 Å². The van der Waals surface area contributed by atoms with Crippen LogP contribution in [-0.4, -0.2) is 18.4 Å². The molecule has 0 radical (unpaired) electrons. The molecule has 82 valence electrons. The van der Waals surface area contributed by atoms with Crippen LogP contribution in [0.15, 0.2) is 24.3 Å². The Bertz CT molecular complexity index is 319. The van der Waals surface area contributed by atoms with Crippen LogP contribution >= 0.6 is 0 Å². The highest BCUT2D eigenvalue weighted by Gasteiger charge is 2.02. The quantitative estimate of drug-likeness (QED) is 0.725. The number of nitrogens with two attached hydrogens (primary N) is 1. The SMILES string of the molecule is CC(=O)c1ccc(NC(C)CCN)cc1. The van der Waals surface area contributed by atoms with Crippen LogP contribution in [0.1, 0.15) is 30.6 Å². The molecule has 1 aromatic rings. The molecular formula is C12H18N2O. The van der Waals surface area contributed by atoms with E-state index in [0.29, 0.717) is 12.6 Å². The smallest absolute Gasteiger partial charge is 0.159 e. The molecule has 0 aromatic heterocycles. The van der Waals surface area contributed by atoms with Gasteiger partial charge in [0.05, 0.1) is 0 Å². The third-order valence-electron chi connectivity index (χ3n) is 2.30. The van der Waals surface area contributed by atoms with Gasteiger partial charge in [-0.15, -0.1) is 0 Å². The van der Waals surface area contributed by atoms with Crippen molar-refractivity contribution in [3.8, 4) is 0 Å². The minimum absolute atomic E-state index is 0.0940. The van der Waals surface area contributed by atoms with Crippen LogP contribution in [0, 0.1) is 0 Å². The van der Waals surface area contributed by atoms with Gasteiger partial charge in [0.25, 0.3) is 0 Å². The topological polar surface area (TPSA) is 55.1 Å². The molecule has 0 bridgehead atoms. The summed E-state index contributed by atoms with van der Waals surface area (Å²) in [6, 6.07) is 7.87. The number of hydrogen-bond acceptors (Lipinski definition) is 3. The number of benzene rings is 1. The molecule has 3 nitrogen and oxygen atoms in total. The molecule has 1 unspecified atom stereocenters. The van der Waals surface area contributed by atoms with Crippen LogP contribution in [0.25, 0.3) is 0 Å². The largest absolute Gasteiger partial charge is 0.383 e. The number of hydrogen-bond donors (Lipinski definition) is 2. The second-order valence-corrected chi connectivity index (χ2v) is 3.76. The van der Waals surface area contributed by atoms with Gasteiger partial charge < -0.3 is 11.1 Å². The first-order chi connectivity index (χ1) is 7.13. The second kappa shape index (κ2) is 5.51. The summed E-state index contributed by atoms with van der Waals surface area (Å²) in [4.78, 5) is 11.0. The van der Waals surface area contributed by atoms with Crippen LogP contribution in [0.3, 0.4) is 0 Å². The molecule has 0 fully saturated rings. The summed E-state index contributed by atoms with van der Waals surface area (Å²) >= 11 is 0. The van der Waals surface area contributed by atoms with Gasteiger partial charge in [0.15, 0.2) is 5.78 Å². The van der Waals surface area contributed by atoms with E-state index in [1.807, 2.05) is 24.3 Å². The zero-order valence-corrected chi connectivity index (χ0v) is 9.29. The molecule has 0 spiro atoms. The molecule has 1 rings (SSSR count). The third kappa shape index (κ3) is 3.72. The van der Waals surface area contributed by atoms with E-state index in [4.69, 9.17) is 5.73 Å². The highest BCUT2D eigenvalue weighted by molar-refractivity contribution is 5.94. The van der Waals surface area contributed by atoms with Crippen LogP contribution in [-0.2, 0) is 0 Å². The van der Waals surface area contributed by atoms with Gasteiger partial charge in [0, 0.05) is 17.3 Å². The fourth-order valence-corrected chi connectivity index (χ4v) is 1.41. The first-order valence-corrected chi connectivity index (χ1v) is 5.21. The molecule has 0 amide bonds. The van der Waals surface area contributed by atoms with Crippen molar-refractivity contribution < 1.29 is 4.79 Å². The lowest BCUT2D eigenvalue weighted by atomic mass is 10.1. The molecular weight excluding hydrogens is 188 g/mol. The van der Waals surface area contributed by atoms with Gasteiger partial charge in [-0.25, -0.2) is 0 Å². The minimum Gasteiger partial charge on any atom is -0.383 e. The lowest BCUT2D eigenvalue weighted by Crippen LogP contribution is -2.19. The van der Waals surface area contributed by atoms with Gasteiger partial charge in [0.1, 0.15) is 0 Å². The van der Waals surface area contributed by atoms with Crippen molar-refractivity contribution in [2.24, 2.45) is 5.73 Å². The summed E-state index contributed by atoms with van der Waals surface area (Å²) < 4.78 is 0. The maximum atomic E-state index is 11.0. The monoisotopic (exact) mass is 206 g/mol. The predicted molar refractivity (Wildman–Crippen MR) is 63.2 cm³/mol. The van der Waals surface area contributed by atoms with E-state index in [9.17, 15) is 4.79 Å². The zero-order chi connectivity index (χ0) is 11.3. The van der Waals surface area contributed by atoms with E-state index in [1.165, 1.54) is 0 Å². The molecule has 1 atom stereocenters. The molecule has 3 N–H and O–H groups in total. The summed E-state index contributed by atoms with van der Waals surface area (Å²) in [6.45, 7) is 4.34. The normalized spacial score (nSPS) is 12.2. The third-order valence-corrected chi connectivity index (χ3v) is 2.30. The van der Waals surface area contributed by atoms with Crippen molar-refractivity contribution in [1.82, 2.24) is 0 Å². The van der Waals surface area contributed by atoms with E-state index in [0.717, 1.165) is 17.7 Å². The van der Waals surface area contributed by atoms with E-state index < -0.39 is 0 Å². The van der Waals surface area contributed by atoms with Crippen molar-refractivity contribution in [2.45, 2.75) is 26.3 Å². The summed E-state index contributed by atoms with van der Waals surface area (Å²) in [6.07, 6.45) is 0.939. The van der Waals surface area contributed by atoms with Crippen molar-refractivity contribution in [1.29, 1.82) is 0 Å². The first-order valence-electron chi connectivity index (χ1n) is 5.21. The Morgan fingerprint density at radius 3 is 2.47 bits per heavy atom. The summed E-state index contributed by atoms with van der Waals surface area (Å²) in [7, 11) is 0. The maximum absolute atomic E-state index is 11.0. The maximum Gasteiger partial charge on any atom is 0.159 e. The van der Waals surface area contributed by atoms with Crippen LogP contribution in [0.4, 0.5) is 5.69 Å². The van der Waals surface area contributed by atoms with Gasteiger partial charge >= 0.3 is 0 Å². The average molecular weight is 206 g/mol. The molecule has 0 heterocycles. The molecule has 0 aliphatic heterocycles. The van der Waals surface area contributed by atoms with Crippen molar-refractivity contribution in [2.75, 3.05) is 11.9 Å². The van der Waals surface area contributed by atoms with E-state index in [1.54, 1.807) is 6.92 Å². The van der Waals surface area contributed by atoms with E-state index >= 15 is 0 Å². The van der Waals surface area contributed by atoms with Crippen LogP contribution < -0.4 is 11.1 Å². The number of rotatable bonds is 5. The Morgan fingerprint density at radius 2 is 2.00 bits per heavy atom. The summed E-state index contributed by atoms with van der Waals surface area (Å²) in [5, 5.41) is 3.32. The minimum atomic E-state index is 0.0940. The Labute approximate surface area is 90.7 Å². The molecule has 0 aliphatic carbocycles. The van der Waals surface area contributed by atoms with Gasteiger partial charge in [-0.2, -0.15) is 0 Å². The van der Waals surface area contributed by atoms with Crippen molar-refractivity contribution in [3.05, 3.63) is 29.8 Å². The van der Waals surface area contributed by atoms with Crippen molar-refractivity contribution in [3.63, 3.8) is 0 Å². The molecule has 0 saturated heterocycles. The lowest BCUT2D eigenvalue weighted by Gasteiger charge is -2.14. The molecule has 0 aliphatic rings. The highest BCUT2D eigenvalue weighted by Crippen LogP contribution is 2.11. The van der Waals surface area contributed by atoms with E-state index in [-0.39, 0.29) is 5.78 Å². The number of carbonyl (C=O) groups excluding carboxylic acids is 1. The number of ketones is 1. The molecule has 15 heavy (non-hydrogen) atoms. The van der Waals surface area contributed by atoms with Gasteiger partial charge in [0.2, 0.25) is 0 Å². The first kappa shape index (κ1) is 11.7. The van der Waals surface area contributed by atoms with Crippen LogP contribution in [0.2, 0.25) is 0 Å². The summed E-state index contributed by atoms with van der Waals surface area (Å²) in [5.41, 5.74) is 7.23. The van der Waals surface area contributed by atoms with Crippen LogP contribution in [0.5, 0.6) is 0 Å². The fourth-order valence-electron chi connectivity index (χ4n) is 1.41. The highest BCUT2D eigenvalue weighted by atomic mass is 16.1. The number of nitrogens with one attached hydrogen (secondary N) is 1. The second-order valence-electron chi connectivity index (χ2n) is 3.76. The fraction of sp³-hybridized carbons (Fsp3) is 0.417. The Kier molecular flexibility index (Phi) is 4.31. The standard InChI is InChI=1S/C12H18N2O/c1-9(7-8-13)14-12-5-3-11(4-6-12)10(2)15/h3-6,9,14H,7-8,13H2,1-2H3. The number of carbonyl (C=O) groups is 1. The number of anilines is 1. The van der Waals surface area contributed by atoms with Gasteiger partial charge in [-0.3, -0.25) is 4.79 Å². The average Bonchev–Trinajstić information content (AvgIpc) is 2.18. The molecule has 1 aromatic carbocycles. The Balaban J connectivity index is 2.60. The zero-order valence-electron chi connectivity index (χ0n) is 9.29. The molecule has 3 heteroatoms. The Morgan fingerprint density at radius 1 is 1.40 bits per heavy atom. The predicted octanol–water partition coefficient (Wildman–Crippen LogP) is 2.04. The number of Topliss-reactive ketones (excluding diaryl/α,β-unsaturated/α-hetero) is 1. The van der Waals surface area contributed by atoms with Gasteiger partial charge in [-0.05, 0) is 51.1 Å². The van der Waals surface area contributed by atoms with Gasteiger partial charge in [-0.1, -0.05) is 0 Å². The Hall–Kier alpha value is -1.35.